The van der Waals surface area contributed by atoms with Gasteiger partial charge < -0.3 is 9.47 Å². The summed E-state index contributed by atoms with van der Waals surface area (Å²) in [6.45, 7) is 2.14. The number of nitrogens with one attached hydrogen (secondary N) is 1. The lowest BCUT2D eigenvalue weighted by Crippen LogP contribution is -2.26. The van der Waals surface area contributed by atoms with Crippen LogP contribution in [0.25, 0.3) is 0 Å². The van der Waals surface area contributed by atoms with Crippen LogP contribution in [0, 0.1) is 10.1 Å². The van der Waals surface area contributed by atoms with Crippen molar-refractivity contribution < 1.29 is 27.6 Å². The van der Waals surface area contributed by atoms with Gasteiger partial charge in [-0.05, 0) is 48.9 Å². The molecule has 0 aliphatic heterocycles. The average Bonchev–Trinajstić information content (AvgIpc) is 2.67. The number of nitro benzene ring substituents is 1. The number of carbonyl (C=O) groups excluding carboxylic acids is 1. The fourth-order valence-electron chi connectivity index (χ4n) is 2.20. The van der Waals surface area contributed by atoms with Crippen LogP contribution in [0.3, 0.4) is 0 Å². The van der Waals surface area contributed by atoms with Crippen LogP contribution in [0.1, 0.15) is 18.9 Å². The number of ether oxygens (including phenoxy) is 2. The summed E-state index contributed by atoms with van der Waals surface area (Å²) in [4.78, 5) is 21.9. The van der Waals surface area contributed by atoms with Crippen LogP contribution >= 0.6 is 0 Å². The molecule has 9 nitrogen and oxygen atoms in total. The zero-order valence-electron chi connectivity index (χ0n) is 15.2. The highest BCUT2D eigenvalue weighted by atomic mass is 32.2. The van der Waals surface area contributed by atoms with E-state index >= 15 is 0 Å². The van der Waals surface area contributed by atoms with Crippen LogP contribution < -0.4 is 9.46 Å². The van der Waals surface area contributed by atoms with E-state index in [-0.39, 0.29) is 30.2 Å². The first-order valence-corrected chi connectivity index (χ1v) is 9.91. The molecule has 0 aromatic heterocycles. The molecule has 0 aliphatic carbocycles. The predicted octanol–water partition coefficient (Wildman–Crippen LogP) is 2.41. The Hall–Kier alpha value is -2.98. The van der Waals surface area contributed by atoms with Crippen molar-refractivity contribution in [2.45, 2.75) is 24.8 Å². The third-order valence-electron chi connectivity index (χ3n) is 3.61. The van der Waals surface area contributed by atoms with Crippen molar-refractivity contribution in [3.63, 3.8) is 0 Å². The number of esters is 1. The first kappa shape index (κ1) is 21.3. The molecule has 0 unspecified atom stereocenters. The zero-order chi connectivity index (χ0) is 20.6. The second-order valence-electron chi connectivity index (χ2n) is 5.64. The third kappa shape index (κ3) is 6.32. The van der Waals surface area contributed by atoms with Gasteiger partial charge in [0.1, 0.15) is 12.4 Å². The summed E-state index contributed by atoms with van der Waals surface area (Å²) in [7, 11) is -3.74. The summed E-state index contributed by atoms with van der Waals surface area (Å²) in [6.07, 6.45) is -0.150. The third-order valence-corrected chi connectivity index (χ3v) is 5.09. The molecule has 2 rings (SSSR count). The fraction of sp³-hybridized carbons (Fsp3) is 0.278. The number of nitro groups is 1. The summed E-state index contributed by atoms with van der Waals surface area (Å²) in [6, 6.07) is 11.5. The Kier molecular flexibility index (Phi) is 7.47. The van der Waals surface area contributed by atoms with E-state index in [9.17, 15) is 23.3 Å². The minimum absolute atomic E-state index is 0.0531. The SMILES string of the molecule is CCOc1ccc(S(=O)(=O)NCCC(=O)OCc2ccc([N+](=O)[O-])cc2)cc1. The van der Waals surface area contributed by atoms with Gasteiger partial charge in [-0.15, -0.1) is 0 Å². The van der Waals surface area contributed by atoms with E-state index in [0.717, 1.165) is 0 Å². The van der Waals surface area contributed by atoms with Gasteiger partial charge in [-0.2, -0.15) is 0 Å². The molecule has 150 valence electrons. The van der Waals surface area contributed by atoms with Crippen molar-refractivity contribution in [2.75, 3.05) is 13.2 Å². The summed E-state index contributed by atoms with van der Waals surface area (Å²) < 4.78 is 37.0. The highest BCUT2D eigenvalue weighted by Gasteiger charge is 2.15. The molecule has 2 aromatic rings. The van der Waals surface area contributed by atoms with Crippen molar-refractivity contribution in [3.8, 4) is 5.75 Å². The summed E-state index contributed by atoms with van der Waals surface area (Å²) in [5.41, 5.74) is 0.535. The summed E-state index contributed by atoms with van der Waals surface area (Å²) in [5, 5.41) is 10.6. The van der Waals surface area contributed by atoms with E-state index in [1.165, 1.54) is 36.4 Å². The lowest BCUT2D eigenvalue weighted by molar-refractivity contribution is -0.384. The standard InChI is InChI=1S/C18H20N2O7S/c1-2-26-16-7-9-17(10-8-16)28(24,25)19-12-11-18(21)27-13-14-3-5-15(6-4-14)20(22)23/h3-10,19H,2,11-13H2,1H3. The number of hydrogen-bond donors (Lipinski definition) is 1. The van der Waals surface area contributed by atoms with Crippen LogP contribution in [0.15, 0.2) is 53.4 Å². The van der Waals surface area contributed by atoms with Gasteiger partial charge in [0.25, 0.3) is 5.69 Å². The largest absolute Gasteiger partial charge is 0.494 e. The average molecular weight is 408 g/mol. The van der Waals surface area contributed by atoms with Crippen molar-refractivity contribution >= 4 is 21.7 Å². The molecule has 0 amide bonds. The van der Waals surface area contributed by atoms with Crippen LogP contribution in [0.4, 0.5) is 5.69 Å². The summed E-state index contributed by atoms with van der Waals surface area (Å²) >= 11 is 0. The minimum Gasteiger partial charge on any atom is -0.494 e. The highest BCUT2D eigenvalue weighted by Crippen LogP contribution is 2.16. The fourth-order valence-corrected chi connectivity index (χ4v) is 3.23. The molecule has 0 saturated carbocycles. The van der Waals surface area contributed by atoms with E-state index in [1.807, 2.05) is 6.92 Å². The molecule has 0 bridgehead atoms. The maximum atomic E-state index is 12.2. The molecule has 0 fully saturated rings. The molecular formula is C18H20N2O7S. The van der Waals surface area contributed by atoms with Crippen molar-refractivity contribution in [3.05, 3.63) is 64.2 Å². The minimum atomic E-state index is -3.74. The van der Waals surface area contributed by atoms with E-state index in [2.05, 4.69) is 4.72 Å². The second-order valence-corrected chi connectivity index (χ2v) is 7.40. The number of rotatable bonds is 10. The number of nitrogens with zero attached hydrogens (tertiary/aromatic N) is 1. The van der Waals surface area contributed by atoms with Gasteiger partial charge in [-0.25, -0.2) is 13.1 Å². The van der Waals surface area contributed by atoms with Gasteiger partial charge >= 0.3 is 5.97 Å². The Morgan fingerprint density at radius 1 is 1.11 bits per heavy atom. The molecule has 1 N–H and O–H groups in total. The number of carbonyl (C=O) groups is 1. The topological polar surface area (TPSA) is 125 Å². The van der Waals surface area contributed by atoms with Crippen molar-refractivity contribution in [1.29, 1.82) is 0 Å². The maximum Gasteiger partial charge on any atom is 0.307 e. The Labute approximate surface area is 162 Å². The molecule has 28 heavy (non-hydrogen) atoms. The monoisotopic (exact) mass is 408 g/mol. The van der Waals surface area contributed by atoms with Crippen LogP contribution in [-0.2, 0) is 26.2 Å². The van der Waals surface area contributed by atoms with Crippen LogP contribution in [0.5, 0.6) is 5.75 Å². The van der Waals surface area contributed by atoms with E-state index < -0.39 is 20.9 Å². The smallest absolute Gasteiger partial charge is 0.307 e. The number of non-ortho nitro benzene ring substituents is 1. The Balaban J connectivity index is 1.78. The van der Waals surface area contributed by atoms with E-state index in [0.29, 0.717) is 17.9 Å². The Morgan fingerprint density at radius 3 is 2.32 bits per heavy atom. The molecule has 0 atom stereocenters. The molecule has 0 saturated heterocycles. The molecule has 0 aliphatic rings. The van der Waals surface area contributed by atoms with Gasteiger partial charge in [-0.3, -0.25) is 14.9 Å². The number of sulfonamides is 1. The van der Waals surface area contributed by atoms with Gasteiger partial charge in [-0.1, -0.05) is 0 Å². The normalized spacial score (nSPS) is 11.0. The van der Waals surface area contributed by atoms with Gasteiger partial charge in [0, 0.05) is 18.7 Å². The van der Waals surface area contributed by atoms with Gasteiger partial charge in [0.05, 0.1) is 22.8 Å². The van der Waals surface area contributed by atoms with Gasteiger partial charge in [0.2, 0.25) is 10.0 Å². The van der Waals surface area contributed by atoms with Crippen LogP contribution in [-0.4, -0.2) is 32.5 Å². The molecule has 0 radical (unpaired) electrons. The quantitative estimate of drug-likeness (QED) is 0.363. The zero-order valence-corrected chi connectivity index (χ0v) is 16.0. The van der Waals surface area contributed by atoms with Gasteiger partial charge in [0.15, 0.2) is 0 Å². The molecular weight excluding hydrogens is 388 g/mol. The number of hydrogen-bond acceptors (Lipinski definition) is 7. The molecule has 10 heteroatoms. The van der Waals surface area contributed by atoms with E-state index in [1.54, 1.807) is 12.1 Å². The molecule has 2 aromatic carbocycles. The lowest BCUT2D eigenvalue weighted by Gasteiger charge is -2.08. The second kappa shape index (κ2) is 9.81. The Bertz CT molecular complexity index is 910. The Morgan fingerprint density at radius 2 is 1.75 bits per heavy atom. The van der Waals surface area contributed by atoms with E-state index in [4.69, 9.17) is 9.47 Å². The highest BCUT2D eigenvalue weighted by molar-refractivity contribution is 7.89. The molecule has 0 spiro atoms. The first-order chi connectivity index (χ1) is 13.3. The lowest BCUT2D eigenvalue weighted by atomic mass is 10.2. The maximum absolute atomic E-state index is 12.2. The van der Waals surface area contributed by atoms with Crippen molar-refractivity contribution in [2.24, 2.45) is 0 Å². The first-order valence-electron chi connectivity index (χ1n) is 8.43. The number of benzene rings is 2. The van der Waals surface area contributed by atoms with Crippen molar-refractivity contribution in [1.82, 2.24) is 4.72 Å². The molecule has 0 heterocycles. The summed E-state index contributed by atoms with van der Waals surface area (Å²) in [5.74, 6) is -0.0241. The predicted molar refractivity (Wildman–Crippen MR) is 100 cm³/mol. The van der Waals surface area contributed by atoms with Crippen LogP contribution in [0.2, 0.25) is 0 Å².